The highest BCUT2D eigenvalue weighted by molar-refractivity contribution is 6.31. The lowest BCUT2D eigenvalue weighted by atomic mass is 10.1. The number of carbonyl (C=O) groups is 2. The van der Waals surface area contributed by atoms with Crippen molar-refractivity contribution in [2.45, 2.75) is 44.8 Å². The van der Waals surface area contributed by atoms with Crippen LogP contribution in [0.15, 0.2) is 18.2 Å². The monoisotopic (exact) mass is 369 g/mol. The molecule has 1 aromatic carbocycles. The SMILES string of the molecule is COC1CC(CC(=O)O)N(C(=O)CCCOc2ccc(Cl)c(C)c2)C1. The highest BCUT2D eigenvalue weighted by Gasteiger charge is 2.36. The molecule has 0 bridgehead atoms. The number of ether oxygens (including phenoxy) is 2. The third-order valence-corrected chi connectivity index (χ3v) is 4.80. The Hall–Kier alpha value is -1.79. The van der Waals surface area contributed by atoms with Gasteiger partial charge in [-0.1, -0.05) is 11.6 Å². The van der Waals surface area contributed by atoms with Crippen molar-refractivity contribution in [3.8, 4) is 5.75 Å². The van der Waals surface area contributed by atoms with Gasteiger partial charge in [0, 0.05) is 31.1 Å². The summed E-state index contributed by atoms with van der Waals surface area (Å²) in [5.74, 6) is -0.235. The first-order valence-electron chi connectivity index (χ1n) is 8.33. The van der Waals surface area contributed by atoms with E-state index in [2.05, 4.69) is 0 Å². The molecule has 1 fully saturated rings. The largest absolute Gasteiger partial charge is 0.494 e. The number of carbonyl (C=O) groups excluding carboxylic acids is 1. The number of carboxylic acids is 1. The fourth-order valence-electron chi connectivity index (χ4n) is 3.01. The first-order chi connectivity index (χ1) is 11.9. The van der Waals surface area contributed by atoms with E-state index in [9.17, 15) is 9.59 Å². The summed E-state index contributed by atoms with van der Waals surface area (Å²) >= 11 is 5.97. The molecule has 138 valence electrons. The van der Waals surface area contributed by atoms with Gasteiger partial charge in [-0.3, -0.25) is 9.59 Å². The molecule has 1 aromatic rings. The molecule has 1 saturated heterocycles. The average molecular weight is 370 g/mol. The van der Waals surface area contributed by atoms with Crippen LogP contribution < -0.4 is 4.74 Å². The highest BCUT2D eigenvalue weighted by atomic mass is 35.5. The number of benzene rings is 1. The summed E-state index contributed by atoms with van der Waals surface area (Å²) in [4.78, 5) is 25.0. The summed E-state index contributed by atoms with van der Waals surface area (Å²) in [6.07, 6.45) is 1.30. The molecule has 1 heterocycles. The molecule has 2 unspecified atom stereocenters. The highest BCUT2D eigenvalue weighted by Crippen LogP contribution is 2.24. The lowest BCUT2D eigenvalue weighted by Gasteiger charge is -2.23. The maximum Gasteiger partial charge on any atom is 0.305 e. The molecular weight excluding hydrogens is 346 g/mol. The van der Waals surface area contributed by atoms with Crippen LogP contribution in [0.1, 0.15) is 31.2 Å². The van der Waals surface area contributed by atoms with Crippen molar-refractivity contribution in [1.29, 1.82) is 0 Å². The lowest BCUT2D eigenvalue weighted by molar-refractivity contribution is -0.140. The second-order valence-electron chi connectivity index (χ2n) is 6.25. The number of carboxylic acid groups (broad SMARTS) is 1. The third kappa shape index (κ3) is 5.61. The molecule has 0 aliphatic carbocycles. The van der Waals surface area contributed by atoms with Gasteiger partial charge >= 0.3 is 5.97 Å². The Morgan fingerprint density at radius 2 is 2.16 bits per heavy atom. The minimum absolute atomic E-state index is 0.0495. The Kier molecular flexibility index (Phi) is 7.08. The number of halogens is 1. The predicted octanol–water partition coefficient (Wildman–Crippen LogP) is 2.90. The summed E-state index contributed by atoms with van der Waals surface area (Å²) in [6.45, 7) is 2.77. The van der Waals surface area contributed by atoms with E-state index < -0.39 is 5.97 Å². The van der Waals surface area contributed by atoms with Gasteiger partial charge in [0.25, 0.3) is 0 Å². The van der Waals surface area contributed by atoms with Gasteiger partial charge in [0.15, 0.2) is 0 Å². The zero-order chi connectivity index (χ0) is 18.4. The molecule has 2 atom stereocenters. The van der Waals surface area contributed by atoms with E-state index in [0.717, 1.165) is 11.3 Å². The van der Waals surface area contributed by atoms with Gasteiger partial charge < -0.3 is 19.5 Å². The molecule has 0 aromatic heterocycles. The second-order valence-corrected chi connectivity index (χ2v) is 6.66. The Morgan fingerprint density at radius 1 is 1.40 bits per heavy atom. The van der Waals surface area contributed by atoms with Crippen molar-refractivity contribution >= 4 is 23.5 Å². The Morgan fingerprint density at radius 3 is 2.80 bits per heavy atom. The number of aliphatic carboxylic acids is 1. The predicted molar refractivity (Wildman–Crippen MR) is 94.1 cm³/mol. The van der Waals surface area contributed by atoms with Gasteiger partial charge in [0.2, 0.25) is 5.91 Å². The van der Waals surface area contributed by atoms with Crippen LogP contribution in [-0.2, 0) is 14.3 Å². The Labute approximate surface area is 152 Å². The first kappa shape index (κ1) is 19.5. The standard InChI is InChI=1S/C18H24ClNO5/c1-12-8-14(5-6-16(12)19)25-7-3-4-17(21)20-11-15(24-2)9-13(20)10-18(22)23/h5-6,8,13,15H,3-4,7,9-11H2,1-2H3,(H,22,23). The zero-order valence-corrected chi connectivity index (χ0v) is 15.3. The maximum atomic E-state index is 12.4. The van der Waals surface area contributed by atoms with Crippen LogP contribution in [0.3, 0.4) is 0 Å². The van der Waals surface area contributed by atoms with Gasteiger partial charge in [-0.25, -0.2) is 0 Å². The van der Waals surface area contributed by atoms with E-state index in [-0.39, 0.29) is 24.5 Å². The van der Waals surface area contributed by atoms with Crippen LogP contribution in [-0.4, -0.2) is 54.3 Å². The summed E-state index contributed by atoms with van der Waals surface area (Å²) in [5, 5.41) is 9.69. The van der Waals surface area contributed by atoms with Gasteiger partial charge in [-0.05, 0) is 43.5 Å². The first-order valence-corrected chi connectivity index (χ1v) is 8.71. The summed E-state index contributed by atoms with van der Waals surface area (Å²) < 4.78 is 10.9. The minimum Gasteiger partial charge on any atom is -0.494 e. The average Bonchev–Trinajstić information content (AvgIpc) is 2.97. The molecule has 25 heavy (non-hydrogen) atoms. The Bertz CT molecular complexity index is 621. The molecule has 7 heteroatoms. The third-order valence-electron chi connectivity index (χ3n) is 4.37. The summed E-state index contributed by atoms with van der Waals surface area (Å²) in [5.41, 5.74) is 0.939. The van der Waals surface area contributed by atoms with Crippen LogP contribution in [0.5, 0.6) is 5.75 Å². The molecule has 2 rings (SSSR count). The lowest BCUT2D eigenvalue weighted by Crippen LogP contribution is -2.37. The van der Waals surface area contributed by atoms with Gasteiger partial charge in [-0.15, -0.1) is 0 Å². The topological polar surface area (TPSA) is 76.1 Å². The van der Waals surface area contributed by atoms with Crippen LogP contribution in [0.4, 0.5) is 0 Å². The molecule has 0 saturated carbocycles. The quantitative estimate of drug-likeness (QED) is 0.713. The normalized spacial score (nSPS) is 19.9. The van der Waals surface area contributed by atoms with Crippen LogP contribution in [0.2, 0.25) is 5.02 Å². The number of amides is 1. The molecule has 6 nitrogen and oxygen atoms in total. The minimum atomic E-state index is -0.902. The molecule has 0 spiro atoms. The molecule has 1 aliphatic rings. The van der Waals surface area contributed by atoms with E-state index >= 15 is 0 Å². The van der Waals surface area contributed by atoms with Crippen LogP contribution in [0, 0.1) is 6.92 Å². The number of nitrogens with zero attached hydrogens (tertiary/aromatic N) is 1. The number of hydrogen-bond acceptors (Lipinski definition) is 4. The Balaban J connectivity index is 1.80. The van der Waals surface area contributed by atoms with Crippen molar-refractivity contribution < 1.29 is 24.2 Å². The van der Waals surface area contributed by atoms with E-state index in [1.165, 1.54) is 0 Å². The molecule has 1 amide bonds. The van der Waals surface area contributed by atoms with E-state index in [1.54, 1.807) is 24.1 Å². The number of methoxy groups -OCH3 is 1. The fourth-order valence-corrected chi connectivity index (χ4v) is 3.13. The fraction of sp³-hybridized carbons (Fsp3) is 0.556. The summed E-state index contributed by atoms with van der Waals surface area (Å²) in [6, 6.07) is 5.14. The van der Waals surface area contributed by atoms with Crippen molar-refractivity contribution in [3.05, 3.63) is 28.8 Å². The molecular formula is C18H24ClNO5. The number of likely N-dealkylation sites (tertiary alicyclic amines) is 1. The molecule has 1 N–H and O–H groups in total. The van der Waals surface area contributed by atoms with Crippen molar-refractivity contribution in [3.63, 3.8) is 0 Å². The summed E-state index contributed by atoms with van der Waals surface area (Å²) in [7, 11) is 1.58. The van der Waals surface area contributed by atoms with Crippen molar-refractivity contribution in [1.82, 2.24) is 4.90 Å². The maximum absolute atomic E-state index is 12.4. The smallest absolute Gasteiger partial charge is 0.305 e. The van der Waals surface area contributed by atoms with Gasteiger partial charge in [-0.2, -0.15) is 0 Å². The molecule has 0 radical (unpaired) electrons. The van der Waals surface area contributed by atoms with E-state index in [0.29, 0.717) is 37.4 Å². The van der Waals surface area contributed by atoms with Gasteiger partial charge in [0.05, 0.1) is 19.1 Å². The number of rotatable bonds is 8. The number of hydrogen-bond donors (Lipinski definition) is 1. The second kappa shape index (κ2) is 9.06. The van der Waals surface area contributed by atoms with Crippen molar-refractivity contribution in [2.24, 2.45) is 0 Å². The zero-order valence-electron chi connectivity index (χ0n) is 14.5. The molecule has 1 aliphatic heterocycles. The van der Waals surface area contributed by atoms with Crippen LogP contribution >= 0.6 is 11.6 Å². The van der Waals surface area contributed by atoms with Gasteiger partial charge in [0.1, 0.15) is 5.75 Å². The van der Waals surface area contributed by atoms with E-state index in [4.69, 9.17) is 26.2 Å². The number of aryl methyl sites for hydroxylation is 1. The van der Waals surface area contributed by atoms with E-state index in [1.807, 2.05) is 13.0 Å². The van der Waals surface area contributed by atoms with Crippen LogP contribution in [0.25, 0.3) is 0 Å². The van der Waals surface area contributed by atoms with Crippen molar-refractivity contribution in [2.75, 3.05) is 20.3 Å².